The average Bonchev–Trinajstić information content (AvgIpc) is 3.13. The van der Waals surface area contributed by atoms with E-state index in [-0.39, 0.29) is 0 Å². The van der Waals surface area contributed by atoms with Crippen LogP contribution in [0.4, 0.5) is 0 Å². The standard InChI is InChI=1S/C14H24N4/c1-2-11-4-3-5-14(8-11)18-10-13(16-17-18)9-15-12-6-7-12/h10-12,14-15H,2-9H2,1H3. The van der Waals surface area contributed by atoms with Crippen LogP contribution in [0.25, 0.3) is 0 Å². The van der Waals surface area contributed by atoms with E-state index in [0.29, 0.717) is 6.04 Å². The highest BCUT2D eigenvalue weighted by Gasteiger charge is 2.24. The fourth-order valence-corrected chi connectivity index (χ4v) is 2.98. The molecule has 0 aromatic carbocycles. The van der Waals surface area contributed by atoms with Crippen molar-refractivity contribution in [3.8, 4) is 0 Å². The molecule has 0 spiro atoms. The van der Waals surface area contributed by atoms with Crippen LogP contribution in [0.2, 0.25) is 0 Å². The number of rotatable bonds is 5. The Morgan fingerprint density at radius 2 is 2.22 bits per heavy atom. The van der Waals surface area contributed by atoms with Crippen LogP contribution in [-0.2, 0) is 6.54 Å². The summed E-state index contributed by atoms with van der Waals surface area (Å²) in [4.78, 5) is 0. The first-order chi connectivity index (χ1) is 8.85. The van der Waals surface area contributed by atoms with Gasteiger partial charge in [-0.25, -0.2) is 4.68 Å². The Hall–Kier alpha value is -0.900. The van der Waals surface area contributed by atoms with Crippen LogP contribution in [-0.4, -0.2) is 21.0 Å². The molecule has 2 aliphatic rings. The Labute approximate surface area is 109 Å². The molecule has 0 saturated heterocycles. The molecule has 2 unspecified atom stereocenters. The van der Waals surface area contributed by atoms with Crippen molar-refractivity contribution in [2.45, 2.75) is 70.5 Å². The Kier molecular flexibility index (Phi) is 3.64. The first-order valence-electron chi connectivity index (χ1n) is 7.49. The van der Waals surface area contributed by atoms with Crippen molar-refractivity contribution in [3.05, 3.63) is 11.9 Å². The van der Waals surface area contributed by atoms with Crippen molar-refractivity contribution < 1.29 is 0 Å². The smallest absolute Gasteiger partial charge is 0.0965 e. The Bertz CT molecular complexity index is 383. The van der Waals surface area contributed by atoms with Gasteiger partial charge in [0, 0.05) is 12.6 Å². The molecule has 18 heavy (non-hydrogen) atoms. The lowest BCUT2D eigenvalue weighted by atomic mass is 9.84. The second kappa shape index (κ2) is 5.39. The van der Waals surface area contributed by atoms with Crippen LogP contribution in [0.3, 0.4) is 0 Å². The van der Waals surface area contributed by atoms with Gasteiger partial charge in [-0.05, 0) is 31.6 Å². The van der Waals surface area contributed by atoms with E-state index >= 15 is 0 Å². The lowest BCUT2D eigenvalue weighted by Gasteiger charge is -2.28. The zero-order valence-electron chi connectivity index (χ0n) is 11.3. The summed E-state index contributed by atoms with van der Waals surface area (Å²) in [5.74, 6) is 0.890. The number of aromatic nitrogens is 3. The zero-order valence-corrected chi connectivity index (χ0v) is 11.3. The van der Waals surface area contributed by atoms with Crippen molar-refractivity contribution >= 4 is 0 Å². The van der Waals surface area contributed by atoms with E-state index in [1.54, 1.807) is 0 Å². The summed E-state index contributed by atoms with van der Waals surface area (Å²) >= 11 is 0. The molecule has 100 valence electrons. The lowest BCUT2D eigenvalue weighted by Crippen LogP contribution is -2.19. The van der Waals surface area contributed by atoms with Gasteiger partial charge in [0.2, 0.25) is 0 Å². The van der Waals surface area contributed by atoms with Crippen LogP contribution in [0.15, 0.2) is 6.20 Å². The highest BCUT2D eigenvalue weighted by atomic mass is 15.4. The van der Waals surface area contributed by atoms with Gasteiger partial charge in [0.1, 0.15) is 0 Å². The van der Waals surface area contributed by atoms with E-state index in [1.165, 1.54) is 44.9 Å². The monoisotopic (exact) mass is 248 g/mol. The van der Waals surface area contributed by atoms with E-state index in [4.69, 9.17) is 0 Å². The van der Waals surface area contributed by atoms with E-state index in [1.807, 2.05) is 0 Å². The second-order valence-electron chi connectivity index (χ2n) is 5.94. The summed E-state index contributed by atoms with van der Waals surface area (Å²) < 4.78 is 2.12. The van der Waals surface area contributed by atoms with Crippen molar-refractivity contribution in [1.29, 1.82) is 0 Å². The topological polar surface area (TPSA) is 42.7 Å². The molecule has 2 aliphatic carbocycles. The minimum Gasteiger partial charge on any atom is -0.308 e. The Morgan fingerprint density at radius 1 is 1.33 bits per heavy atom. The largest absolute Gasteiger partial charge is 0.308 e. The molecule has 4 nitrogen and oxygen atoms in total. The van der Waals surface area contributed by atoms with Gasteiger partial charge in [-0.2, -0.15) is 0 Å². The van der Waals surface area contributed by atoms with Gasteiger partial charge in [-0.3, -0.25) is 0 Å². The molecule has 3 rings (SSSR count). The molecular formula is C14H24N4. The molecule has 1 N–H and O–H groups in total. The summed E-state index contributed by atoms with van der Waals surface area (Å²) in [7, 11) is 0. The molecule has 1 heterocycles. The van der Waals surface area contributed by atoms with Crippen molar-refractivity contribution in [2.75, 3.05) is 0 Å². The molecule has 1 aromatic rings. The quantitative estimate of drug-likeness (QED) is 0.871. The van der Waals surface area contributed by atoms with E-state index in [0.717, 1.165) is 24.2 Å². The highest BCUT2D eigenvalue weighted by molar-refractivity contribution is 4.95. The lowest BCUT2D eigenvalue weighted by molar-refractivity contribution is 0.245. The summed E-state index contributed by atoms with van der Waals surface area (Å²) in [5.41, 5.74) is 1.10. The molecule has 2 saturated carbocycles. The van der Waals surface area contributed by atoms with Crippen molar-refractivity contribution in [3.63, 3.8) is 0 Å². The molecule has 0 amide bonds. The Balaban J connectivity index is 1.57. The van der Waals surface area contributed by atoms with E-state index < -0.39 is 0 Å². The molecule has 2 atom stereocenters. The van der Waals surface area contributed by atoms with Crippen molar-refractivity contribution in [1.82, 2.24) is 20.3 Å². The van der Waals surface area contributed by atoms with Gasteiger partial charge < -0.3 is 5.32 Å². The zero-order chi connectivity index (χ0) is 12.4. The van der Waals surface area contributed by atoms with Gasteiger partial charge in [0.15, 0.2) is 0 Å². The maximum absolute atomic E-state index is 4.33. The number of hydrogen-bond acceptors (Lipinski definition) is 3. The fraction of sp³-hybridized carbons (Fsp3) is 0.857. The molecule has 1 aromatic heterocycles. The minimum atomic E-state index is 0.589. The third-order valence-corrected chi connectivity index (χ3v) is 4.41. The first-order valence-corrected chi connectivity index (χ1v) is 7.49. The third-order valence-electron chi connectivity index (χ3n) is 4.41. The van der Waals surface area contributed by atoms with Crippen LogP contribution in [0.1, 0.15) is 63.6 Å². The van der Waals surface area contributed by atoms with E-state index in [2.05, 4.69) is 33.4 Å². The molecule has 4 heteroatoms. The van der Waals surface area contributed by atoms with Gasteiger partial charge in [0.05, 0.1) is 17.9 Å². The predicted octanol–water partition coefficient (Wildman–Crippen LogP) is 2.67. The SMILES string of the molecule is CCC1CCCC(n2cc(CNC3CC3)nn2)C1. The molecule has 0 aliphatic heterocycles. The van der Waals surface area contributed by atoms with Gasteiger partial charge in [-0.15, -0.1) is 5.10 Å². The summed E-state index contributed by atoms with van der Waals surface area (Å²) in [6, 6.07) is 1.33. The molecule has 0 radical (unpaired) electrons. The summed E-state index contributed by atoms with van der Waals surface area (Å²) in [5, 5.41) is 12.1. The van der Waals surface area contributed by atoms with Crippen molar-refractivity contribution in [2.24, 2.45) is 5.92 Å². The summed E-state index contributed by atoms with van der Waals surface area (Å²) in [6.07, 6.45) is 11.4. The van der Waals surface area contributed by atoms with Crippen LogP contribution >= 0.6 is 0 Å². The van der Waals surface area contributed by atoms with Crippen LogP contribution in [0.5, 0.6) is 0 Å². The van der Waals surface area contributed by atoms with Crippen LogP contribution < -0.4 is 5.32 Å². The van der Waals surface area contributed by atoms with Gasteiger partial charge in [-0.1, -0.05) is 31.4 Å². The van der Waals surface area contributed by atoms with Crippen LogP contribution in [0, 0.1) is 5.92 Å². The third kappa shape index (κ3) is 2.91. The molecular weight excluding hydrogens is 224 g/mol. The maximum atomic E-state index is 4.33. The second-order valence-corrected chi connectivity index (χ2v) is 5.94. The average molecular weight is 248 g/mol. The number of hydrogen-bond donors (Lipinski definition) is 1. The maximum Gasteiger partial charge on any atom is 0.0965 e. The normalized spacial score (nSPS) is 28.5. The van der Waals surface area contributed by atoms with E-state index in [9.17, 15) is 0 Å². The summed E-state index contributed by atoms with van der Waals surface area (Å²) in [6.45, 7) is 3.19. The first kappa shape index (κ1) is 12.2. The molecule has 2 fully saturated rings. The minimum absolute atomic E-state index is 0.589. The Morgan fingerprint density at radius 3 is 3.00 bits per heavy atom. The van der Waals surface area contributed by atoms with Gasteiger partial charge >= 0.3 is 0 Å². The predicted molar refractivity (Wildman–Crippen MR) is 71.2 cm³/mol. The number of nitrogens with zero attached hydrogens (tertiary/aromatic N) is 3. The fourth-order valence-electron chi connectivity index (χ4n) is 2.98. The highest BCUT2D eigenvalue weighted by Crippen LogP contribution is 2.33. The van der Waals surface area contributed by atoms with Gasteiger partial charge in [0.25, 0.3) is 0 Å². The molecule has 0 bridgehead atoms. The number of nitrogens with one attached hydrogen (secondary N) is 1.